The number of aromatic amines is 1. The Morgan fingerprint density at radius 3 is 2.95 bits per heavy atom. The number of hydrogen-bond donors (Lipinski definition) is 1. The Kier molecular flexibility index (Phi) is 3.02. The number of rotatable bonds is 3. The average Bonchev–Trinajstić information content (AvgIpc) is 2.93. The number of nitrogens with one attached hydrogen (secondary N) is 1. The van der Waals surface area contributed by atoms with Crippen molar-refractivity contribution in [1.29, 1.82) is 0 Å². The van der Waals surface area contributed by atoms with E-state index in [0.29, 0.717) is 22.4 Å². The summed E-state index contributed by atoms with van der Waals surface area (Å²) in [6.45, 7) is 9.30. The summed E-state index contributed by atoms with van der Waals surface area (Å²) in [6.07, 6.45) is 6.66. The van der Waals surface area contributed by atoms with Gasteiger partial charge >= 0.3 is 0 Å². The molecule has 3 aromatic rings. The maximum Gasteiger partial charge on any atom is 0.257 e. The highest BCUT2D eigenvalue weighted by Crippen LogP contribution is 2.20. The molecule has 0 aliphatic heterocycles. The van der Waals surface area contributed by atoms with Crippen molar-refractivity contribution in [1.82, 2.24) is 19.6 Å². The van der Waals surface area contributed by atoms with Crippen molar-refractivity contribution in [3.05, 3.63) is 71.3 Å². The van der Waals surface area contributed by atoms with Crippen LogP contribution in [0.4, 0.5) is 0 Å². The number of nitrogens with zero attached hydrogens (tertiary/aromatic N) is 3. The van der Waals surface area contributed by atoms with E-state index in [1.54, 1.807) is 35.0 Å². The molecule has 0 amide bonds. The fourth-order valence-corrected chi connectivity index (χ4v) is 2.36. The Bertz CT molecular complexity index is 959. The monoisotopic (exact) mass is 278 g/mol. The summed E-state index contributed by atoms with van der Waals surface area (Å²) in [5.74, 6) is 0. The summed E-state index contributed by atoms with van der Waals surface area (Å²) in [5.41, 5.74) is 3.23. The maximum absolute atomic E-state index is 12.3. The minimum atomic E-state index is -0.196. The Morgan fingerprint density at radius 2 is 2.24 bits per heavy atom. The van der Waals surface area contributed by atoms with Crippen LogP contribution in [-0.4, -0.2) is 19.6 Å². The minimum absolute atomic E-state index is 0.196. The zero-order valence-corrected chi connectivity index (χ0v) is 11.6. The standard InChI is InChI=1S/C16H14N4O/c1-4-6-11(5-2)13-9-12-10(3)18-14-7-8-17-20(14)15(12)19-16(13)21/h4-9H,1-2H2,3H3,(H,19,21). The molecule has 5 heteroatoms. The smallest absolute Gasteiger partial charge is 0.257 e. The van der Waals surface area contributed by atoms with Gasteiger partial charge in [0.15, 0.2) is 5.65 Å². The highest BCUT2D eigenvalue weighted by Gasteiger charge is 2.11. The summed E-state index contributed by atoms with van der Waals surface area (Å²) in [5, 5.41) is 5.04. The van der Waals surface area contributed by atoms with Crippen LogP contribution in [0.15, 0.2) is 54.5 Å². The van der Waals surface area contributed by atoms with Crippen molar-refractivity contribution in [2.45, 2.75) is 6.92 Å². The molecule has 0 aliphatic rings. The van der Waals surface area contributed by atoms with Crippen LogP contribution in [0.3, 0.4) is 0 Å². The largest absolute Gasteiger partial charge is 0.306 e. The molecule has 21 heavy (non-hydrogen) atoms. The predicted octanol–water partition coefficient (Wildman–Crippen LogP) is 2.63. The second kappa shape index (κ2) is 4.86. The molecule has 0 unspecified atom stereocenters. The number of fused-ring (bicyclic) bond motifs is 3. The highest BCUT2D eigenvalue weighted by molar-refractivity contribution is 5.85. The number of pyridine rings is 1. The first-order chi connectivity index (χ1) is 10.2. The van der Waals surface area contributed by atoms with Gasteiger partial charge in [-0.25, -0.2) is 4.98 Å². The lowest BCUT2D eigenvalue weighted by Crippen LogP contribution is -2.14. The van der Waals surface area contributed by atoms with Crippen molar-refractivity contribution >= 4 is 22.3 Å². The molecule has 0 fully saturated rings. The molecule has 0 spiro atoms. The third kappa shape index (κ3) is 1.99. The number of hydrogen-bond acceptors (Lipinski definition) is 3. The molecule has 3 rings (SSSR count). The van der Waals surface area contributed by atoms with Crippen molar-refractivity contribution < 1.29 is 0 Å². The molecule has 0 saturated heterocycles. The summed E-state index contributed by atoms with van der Waals surface area (Å²) in [6, 6.07) is 3.61. The fourth-order valence-electron chi connectivity index (χ4n) is 2.36. The third-order valence-electron chi connectivity index (χ3n) is 3.36. The average molecular weight is 278 g/mol. The van der Waals surface area contributed by atoms with Gasteiger partial charge in [0.05, 0.1) is 11.9 Å². The van der Waals surface area contributed by atoms with Gasteiger partial charge in [-0.1, -0.05) is 31.4 Å². The summed E-state index contributed by atoms with van der Waals surface area (Å²) < 4.78 is 1.62. The van der Waals surface area contributed by atoms with Crippen LogP contribution < -0.4 is 5.56 Å². The lowest BCUT2D eigenvalue weighted by molar-refractivity contribution is 0.950. The first-order valence-electron chi connectivity index (χ1n) is 6.48. The van der Waals surface area contributed by atoms with E-state index < -0.39 is 0 Å². The van der Waals surface area contributed by atoms with Gasteiger partial charge in [-0.05, 0) is 18.6 Å². The Labute approximate surface area is 121 Å². The van der Waals surface area contributed by atoms with Crippen LogP contribution >= 0.6 is 0 Å². The lowest BCUT2D eigenvalue weighted by Gasteiger charge is -2.07. The first kappa shape index (κ1) is 13.1. The van der Waals surface area contributed by atoms with Gasteiger partial charge in [-0.2, -0.15) is 9.61 Å². The van der Waals surface area contributed by atoms with E-state index in [1.807, 2.05) is 13.0 Å². The predicted molar refractivity (Wildman–Crippen MR) is 84.2 cm³/mol. The van der Waals surface area contributed by atoms with Gasteiger partial charge in [-0.3, -0.25) is 4.79 Å². The van der Waals surface area contributed by atoms with Crippen molar-refractivity contribution in [2.75, 3.05) is 0 Å². The van der Waals surface area contributed by atoms with E-state index in [2.05, 4.69) is 28.2 Å². The lowest BCUT2D eigenvalue weighted by atomic mass is 10.1. The molecule has 5 nitrogen and oxygen atoms in total. The summed E-state index contributed by atoms with van der Waals surface area (Å²) in [4.78, 5) is 19.7. The van der Waals surface area contributed by atoms with E-state index in [1.165, 1.54) is 0 Å². The van der Waals surface area contributed by atoms with E-state index in [0.717, 1.165) is 11.1 Å². The minimum Gasteiger partial charge on any atom is -0.306 e. The van der Waals surface area contributed by atoms with Crippen LogP contribution in [0.25, 0.3) is 22.3 Å². The molecule has 3 aromatic heterocycles. The zero-order chi connectivity index (χ0) is 15.0. The van der Waals surface area contributed by atoms with Crippen LogP contribution in [-0.2, 0) is 0 Å². The van der Waals surface area contributed by atoms with Crippen molar-refractivity contribution in [2.24, 2.45) is 0 Å². The van der Waals surface area contributed by atoms with Crippen LogP contribution in [0.1, 0.15) is 11.3 Å². The van der Waals surface area contributed by atoms with Gasteiger partial charge in [0.25, 0.3) is 5.56 Å². The molecule has 1 N–H and O–H groups in total. The summed E-state index contributed by atoms with van der Waals surface area (Å²) in [7, 11) is 0. The number of aromatic nitrogens is 4. The van der Waals surface area contributed by atoms with E-state index in [4.69, 9.17) is 0 Å². The van der Waals surface area contributed by atoms with Crippen LogP contribution in [0.5, 0.6) is 0 Å². The normalized spacial score (nSPS) is 12.0. The van der Waals surface area contributed by atoms with Crippen molar-refractivity contribution in [3.63, 3.8) is 0 Å². The Balaban J connectivity index is 2.44. The Hall–Kier alpha value is -2.95. The van der Waals surface area contributed by atoms with Crippen LogP contribution in [0, 0.1) is 6.92 Å². The van der Waals surface area contributed by atoms with Gasteiger partial charge in [0.1, 0.15) is 5.65 Å². The highest BCUT2D eigenvalue weighted by atomic mass is 16.1. The van der Waals surface area contributed by atoms with Gasteiger partial charge in [0.2, 0.25) is 0 Å². The van der Waals surface area contributed by atoms with E-state index in [9.17, 15) is 4.79 Å². The molecular formula is C16H14N4O. The van der Waals surface area contributed by atoms with Gasteiger partial charge < -0.3 is 4.98 Å². The maximum atomic E-state index is 12.3. The molecule has 0 bridgehead atoms. The molecule has 0 atom stereocenters. The SMILES string of the molecule is C=CC=C(C=C)c1cc2c(C)nc3ccnn3c2[nH]c1=O. The number of allylic oxidation sites excluding steroid dienone is 4. The number of aryl methyl sites for hydroxylation is 1. The Morgan fingerprint density at radius 1 is 1.43 bits per heavy atom. The topological polar surface area (TPSA) is 63.1 Å². The fraction of sp³-hybridized carbons (Fsp3) is 0.0625. The third-order valence-corrected chi connectivity index (χ3v) is 3.36. The van der Waals surface area contributed by atoms with E-state index >= 15 is 0 Å². The first-order valence-corrected chi connectivity index (χ1v) is 6.48. The molecule has 0 aromatic carbocycles. The van der Waals surface area contributed by atoms with Gasteiger partial charge in [-0.15, -0.1) is 0 Å². The molecule has 0 saturated carbocycles. The molecule has 3 heterocycles. The second-order valence-electron chi connectivity index (χ2n) is 4.63. The quantitative estimate of drug-likeness (QED) is 0.749. The van der Waals surface area contributed by atoms with Gasteiger partial charge in [0, 0.05) is 17.0 Å². The van der Waals surface area contributed by atoms with E-state index in [-0.39, 0.29) is 5.56 Å². The zero-order valence-electron chi connectivity index (χ0n) is 11.6. The van der Waals surface area contributed by atoms with Crippen LogP contribution in [0.2, 0.25) is 0 Å². The molecule has 104 valence electrons. The molecular weight excluding hydrogens is 264 g/mol. The summed E-state index contributed by atoms with van der Waals surface area (Å²) >= 11 is 0. The van der Waals surface area contributed by atoms with Crippen molar-refractivity contribution in [3.8, 4) is 0 Å². The number of H-pyrrole nitrogens is 1. The second-order valence-corrected chi connectivity index (χ2v) is 4.63. The molecule has 0 aliphatic carbocycles. The molecule has 0 radical (unpaired) electrons.